The molecule has 1 aromatic heterocycles. The van der Waals surface area contributed by atoms with E-state index in [0.29, 0.717) is 13.1 Å². The number of piperazine rings is 1. The molecule has 0 aliphatic carbocycles. The van der Waals surface area contributed by atoms with Crippen molar-refractivity contribution in [1.82, 2.24) is 9.88 Å². The van der Waals surface area contributed by atoms with Gasteiger partial charge in [0.2, 0.25) is 0 Å². The fourth-order valence-electron chi connectivity index (χ4n) is 3.02. The molecule has 3 N–H and O–H groups in total. The Kier molecular flexibility index (Phi) is 4.86. The molecule has 2 rings (SSSR count). The van der Waals surface area contributed by atoms with Crippen LogP contribution in [0.15, 0.2) is 6.07 Å². The highest BCUT2D eigenvalue weighted by molar-refractivity contribution is 5.52. The SMILES string of the molecule is Cc1cc(C)c(CN)c(N2CCN(CC(C)(C)O)CC2)n1. The van der Waals surface area contributed by atoms with Crippen LogP contribution >= 0.6 is 0 Å². The molecule has 2 heterocycles. The molecular formula is C16H28N4O. The fraction of sp³-hybridized carbons (Fsp3) is 0.688. The predicted molar refractivity (Wildman–Crippen MR) is 86.6 cm³/mol. The van der Waals surface area contributed by atoms with E-state index in [1.165, 1.54) is 5.56 Å². The van der Waals surface area contributed by atoms with Gasteiger partial charge in [-0.15, -0.1) is 0 Å². The van der Waals surface area contributed by atoms with Crippen molar-refractivity contribution < 1.29 is 5.11 Å². The molecule has 0 bridgehead atoms. The molecule has 5 nitrogen and oxygen atoms in total. The van der Waals surface area contributed by atoms with Crippen LogP contribution in [0.5, 0.6) is 0 Å². The lowest BCUT2D eigenvalue weighted by atomic mass is 10.1. The van der Waals surface area contributed by atoms with E-state index in [9.17, 15) is 5.11 Å². The Morgan fingerprint density at radius 3 is 2.38 bits per heavy atom. The van der Waals surface area contributed by atoms with Crippen molar-refractivity contribution in [3.8, 4) is 0 Å². The van der Waals surface area contributed by atoms with Gasteiger partial charge >= 0.3 is 0 Å². The van der Waals surface area contributed by atoms with Crippen molar-refractivity contribution in [1.29, 1.82) is 0 Å². The summed E-state index contributed by atoms with van der Waals surface area (Å²) in [5.74, 6) is 1.04. The Morgan fingerprint density at radius 1 is 1.24 bits per heavy atom. The molecular weight excluding hydrogens is 264 g/mol. The summed E-state index contributed by atoms with van der Waals surface area (Å²) in [7, 11) is 0. The van der Waals surface area contributed by atoms with E-state index in [1.54, 1.807) is 0 Å². The maximum atomic E-state index is 9.92. The van der Waals surface area contributed by atoms with Crippen LogP contribution in [0.4, 0.5) is 5.82 Å². The predicted octanol–water partition coefficient (Wildman–Crippen LogP) is 1.05. The molecule has 1 fully saturated rings. The molecule has 1 saturated heterocycles. The van der Waals surface area contributed by atoms with Crippen LogP contribution in [0.2, 0.25) is 0 Å². The summed E-state index contributed by atoms with van der Waals surface area (Å²) >= 11 is 0. The first-order chi connectivity index (χ1) is 9.80. The van der Waals surface area contributed by atoms with Gasteiger partial charge in [0.25, 0.3) is 0 Å². The Bertz CT molecular complexity index is 488. The third-order valence-electron chi connectivity index (χ3n) is 3.94. The first-order valence-electron chi connectivity index (χ1n) is 7.67. The largest absolute Gasteiger partial charge is 0.389 e. The average molecular weight is 292 g/mol. The molecule has 1 aliphatic heterocycles. The van der Waals surface area contributed by atoms with Gasteiger partial charge in [0.15, 0.2) is 0 Å². The van der Waals surface area contributed by atoms with Crippen LogP contribution in [0.3, 0.4) is 0 Å². The Hall–Kier alpha value is -1.17. The molecule has 0 saturated carbocycles. The number of aliphatic hydroxyl groups is 1. The zero-order valence-electron chi connectivity index (χ0n) is 13.7. The highest BCUT2D eigenvalue weighted by Crippen LogP contribution is 2.23. The molecule has 0 unspecified atom stereocenters. The Balaban J connectivity index is 2.09. The zero-order valence-corrected chi connectivity index (χ0v) is 13.7. The monoisotopic (exact) mass is 292 g/mol. The Morgan fingerprint density at radius 2 is 1.86 bits per heavy atom. The summed E-state index contributed by atoms with van der Waals surface area (Å²) in [5, 5.41) is 9.92. The lowest BCUT2D eigenvalue weighted by molar-refractivity contribution is 0.0344. The number of aryl methyl sites for hydroxylation is 2. The van der Waals surface area contributed by atoms with Gasteiger partial charge in [0.1, 0.15) is 5.82 Å². The van der Waals surface area contributed by atoms with Crippen LogP contribution < -0.4 is 10.6 Å². The van der Waals surface area contributed by atoms with Crippen LogP contribution in [0.25, 0.3) is 0 Å². The number of aromatic nitrogens is 1. The highest BCUT2D eigenvalue weighted by atomic mass is 16.3. The second-order valence-corrected chi connectivity index (χ2v) is 6.66. The molecule has 1 aliphatic rings. The minimum Gasteiger partial charge on any atom is -0.389 e. The smallest absolute Gasteiger partial charge is 0.133 e. The van der Waals surface area contributed by atoms with Crippen LogP contribution in [-0.4, -0.2) is 53.3 Å². The van der Waals surface area contributed by atoms with Crippen molar-refractivity contribution in [2.45, 2.75) is 39.8 Å². The number of pyridine rings is 1. The zero-order chi connectivity index (χ0) is 15.6. The Labute approximate surface area is 127 Å². The highest BCUT2D eigenvalue weighted by Gasteiger charge is 2.24. The maximum absolute atomic E-state index is 9.92. The van der Waals surface area contributed by atoms with Crippen LogP contribution in [0.1, 0.15) is 30.7 Å². The molecule has 1 aromatic rings. The lowest BCUT2D eigenvalue weighted by Crippen LogP contribution is -2.51. The van der Waals surface area contributed by atoms with Gasteiger partial charge in [-0.1, -0.05) is 0 Å². The third kappa shape index (κ3) is 4.15. The minimum absolute atomic E-state index is 0.526. The maximum Gasteiger partial charge on any atom is 0.133 e. The van der Waals surface area contributed by atoms with Crippen molar-refractivity contribution >= 4 is 5.82 Å². The van der Waals surface area contributed by atoms with E-state index < -0.39 is 5.60 Å². The van der Waals surface area contributed by atoms with Gasteiger partial charge in [-0.05, 0) is 39.3 Å². The van der Waals surface area contributed by atoms with Crippen LogP contribution in [0, 0.1) is 13.8 Å². The number of hydrogen-bond donors (Lipinski definition) is 2. The van der Waals surface area contributed by atoms with Gasteiger partial charge in [-0.25, -0.2) is 4.98 Å². The molecule has 0 spiro atoms. The number of hydrogen-bond acceptors (Lipinski definition) is 5. The van der Waals surface area contributed by atoms with Crippen LogP contribution in [-0.2, 0) is 6.54 Å². The number of β-amino-alcohol motifs (C(OH)–C–C–N with tert-alkyl or cyclic N) is 1. The first kappa shape index (κ1) is 16.2. The summed E-state index contributed by atoms with van der Waals surface area (Å²) < 4.78 is 0. The summed E-state index contributed by atoms with van der Waals surface area (Å²) in [6.45, 7) is 12.8. The number of nitrogens with two attached hydrogens (primary N) is 1. The summed E-state index contributed by atoms with van der Waals surface area (Å²) in [5.41, 5.74) is 8.68. The molecule has 21 heavy (non-hydrogen) atoms. The van der Waals surface area contributed by atoms with Crippen molar-refractivity contribution in [2.75, 3.05) is 37.6 Å². The second-order valence-electron chi connectivity index (χ2n) is 6.66. The summed E-state index contributed by atoms with van der Waals surface area (Å²) in [4.78, 5) is 9.34. The van der Waals surface area contributed by atoms with E-state index in [1.807, 2.05) is 20.8 Å². The van der Waals surface area contributed by atoms with Crippen molar-refractivity contribution in [3.05, 3.63) is 22.9 Å². The first-order valence-corrected chi connectivity index (χ1v) is 7.67. The van der Waals surface area contributed by atoms with Gasteiger partial charge in [0, 0.05) is 50.5 Å². The van der Waals surface area contributed by atoms with E-state index in [-0.39, 0.29) is 0 Å². The van der Waals surface area contributed by atoms with Gasteiger partial charge in [-0.3, -0.25) is 4.90 Å². The molecule has 0 aromatic carbocycles. The topological polar surface area (TPSA) is 65.6 Å². The average Bonchev–Trinajstić information content (AvgIpc) is 2.37. The number of nitrogens with zero attached hydrogens (tertiary/aromatic N) is 3. The fourth-order valence-corrected chi connectivity index (χ4v) is 3.02. The lowest BCUT2D eigenvalue weighted by Gasteiger charge is -2.38. The van der Waals surface area contributed by atoms with E-state index in [0.717, 1.165) is 43.3 Å². The summed E-state index contributed by atoms with van der Waals surface area (Å²) in [6, 6.07) is 2.09. The van der Waals surface area contributed by atoms with Gasteiger partial charge in [-0.2, -0.15) is 0 Å². The molecule has 0 atom stereocenters. The molecule has 0 amide bonds. The van der Waals surface area contributed by atoms with E-state index in [2.05, 4.69) is 22.8 Å². The standard InChI is InChI=1S/C16H28N4O/c1-12-9-13(2)18-15(14(12)10-17)20-7-5-19(6-8-20)11-16(3,4)21/h9,21H,5-8,10-11,17H2,1-4H3. The second kappa shape index (κ2) is 6.30. The van der Waals surface area contributed by atoms with Crippen molar-refractivity contribution in [3.63, 3.8) is 0 Å². The normalized spacial score (nSPS) is 17.3. The molecule has 0 radical (unpaired) electrons. The van der Waals surface area contributed by atoms with Crippen molar-refractivity contribution in [2.24, 2.45) is 5.73 Å². The van der Waals surface area contributed by atoms with E-state index in [4.69, 9.17) is 10.7 Å². The number of rotatable bonds is 4. The quantitative estimate of drug-likeness (QED) is 0.868. The molecule has 5 heteroatoms. The summed E-state index contributed by atoms with van der Waals surface area (Å²) in [6.07, 6.45) is 0. The van der Waals surface area contributed by atoms with Gasteiger partial charge < -0.3 is 15.7 Å². The van der Waals surface area contributed by atoms with E-state index >= 15 is 0 Å². The third-order valence-corrected chi connectivity index (χ3v) is 3.94. The van der Waals surface area contributed by atoms with Gasteiger partial charge in [0.05, 0.1) is 5.60 Å². The molecule has 118 valence electrons. The number of anilines is 1. The minimum atomic E-state index is -0.636.